The number of ether oxygens (including phenoxy) is 2. The maximum absolute atomic E-state index is 13.2. The first-order valence-electron chi connectivity index (χ1n) is 15.3. The fraction of sp³-hybridized carbons (Fsp3) is 0.154. The predicted octanol–water partition coefficient (Wildman–Crippen LogP) is 6.83. The highest BCUT2D eigenvalue weighted by Crippen LogP contribution is 2.22. The standard InChI is InChI=1S/C39H36N2O6/c1-45-39(44)36(40-35-15-9-8-14-34(35)38(43)32-12-6-3-7-13-32)26-29-16-19-33(20-17-29)47-25-23-41(27-30-10-4-2-5-11-30)37(42)21-18-31-22-24-46-28-31/h2-22,24,28,36,40H,23,25-27H2,1H3/b21-18+/t36-/m0/s1. The molecule has 1 atom stereocenters. The number of ketones is 1. The van der Waals surface area contributed by atoms with E-state index in [2.05, 4.69) is 5.32 Å². The van der Waals surface area contributed by atoms with Crippen LogP contribution in [0.5, 0.6) is 5.75 Å². The highest BCUT2D eigenvalue weighted by molar-refractivity contribution is 6.12. The van der Waals surface area contributed by atoms with Crippen molar-refractivity contribution in [2.75, 3.05) is 25.6 Å². The second-order valence-electron chi connectivity index (χ2n) is 10.8. The average molecular weight is 629 g/mol. The van der Waals surface area contributed by atoms with Crippen LogP contribution in [0.4, 0.5) is 5.69 Å². The predicted molar refractivity (Wildman–Crippen MR) is 181 cm³/mol. The molecular weight excluding hydrogens is 592 g/mol. The number of carbonyl (C=O) groups is 3. The third-order valence-corrected chi connectivity index (χ3v) is 7.51. The Kier molecular flexibility index (Phi) is 11.4. The molecule has 4 aromatic carbocycles. The zero-order chi connectivity index (χ0) is 32.8. The number of carbonyl (C=O) groups excluding carboxylic acids is 3. The number of methoxy groups -OCH3 is 1. The summed E-state index contributed by atoms with van der Waals surface area (Å²) in [6.45, 7) is 1.11. The third kappa shape index (κ3) is 9.31. The molecule has 5 rings (SSSR count). The lowest BCUT2D eigenvalue weighted by molar-refractivity contribution is -0.141. The number of amides is 1. The summed E-state index contributed by atoms with van der Waals surface area (Å²) < 4.78 is 16.2. The molecular formula is C39H36N2O6. The molecule has 1 heterocycles. The summed E-state index contributed by atoms with van der Waals surface area (Å²) in [4.78, 5) is 40.8. The van der Waals surface area contributed by atoms with Crippen molar-refractivity contribution in [2.24, 2.45) is 0 Å². The molecule has 0 bridgehead atoms. The first-order chi connectivity index (χ1) is 23.0. The molecule has 1 amide bonds. The quantitative estimate of drug-likeness (QED) is 0.0771. The smallest absolute Gasteiger partial charge is 0.328 e. The lowest BCUT2D eigenvalue weighted by Crippen LogP contribution is -2.33. The minimum absolute atomic E-state index is 0.137. The first-order valence-corrected chi connectivity index (χ1v) is 15.3. The first kappa shape index (κ1) is 32.5. The Labute approximate surface area is 274 Å². The topological polar surface area (TPSA) is 98.1 Å². The van der Waals surface area contributed by atoms with Gasteiger partial charge in [-0.15, -0.1) is 0 Å². The second-order valence-corrected chi connectivity index (χ2v) is 10.8. The fourth-order valence-corrected chi connectivity index (χ4v) is 5.02. The van der Waals surface area contributed by atoms with Crippen LogP contribution in [0, 0.1) is 0 Å². The van der Waals surface area contributed by atoms with E-state index >= 15 is 0 Å². The van der Waals surface area contributed by atoms with Gasteiger partial charge in [-0.1, -0.05) is 84.9 Å². The minimum atomic E-state index is -0.732. The van der Waals surface area contributed by atoms with E-state index in [4.69, 9.17) is 13.9 Å². The van der Waals surface area contributed by atoms with Crippen molar-refractivity contribution in [3.05, 3.63) is 162 Å². The number of para-hydroxylation sites is 1. The SMILES string of the molecule is COC(=O)[C@H](Cc1ccc(OCCN(Cc2ccccc2)C(=O)/C=C/c2ccoc2)cc1)Nc1ccccc1C(=O)c1ccccc1. The maximum atomic E-state index is 13.2. The Hall–Kier alpha value is -5.89. The minimum Gasteiger partial charge on any atom is -0.492 e. The number of furan rings is 1. The molecule has 0 saturated heterocycles. The number of esters is 1. The summed E-state index contributed by atoms with van der Waals surface area (Å²) in [7, 11) is 1.34. The normalized spacial score (nSPS) is 11.5. The molecule has 0 aliphatic heterocycles. The zero-order valence-electron chi connectivity index (χ0n) is 26.1. The summed E-state index contributed by atoms with van der Waals surface area (Å²) in [5.74, 6) is -0.0901. The van der Waals surface area contributed by atoms with Crippen molar-refractivity contribution >= 4 is 29.4 Å². The van der Waals surface area contributed by atoms with Crippen LogP contribution in [0.1, 0.15) is 32.6 Å². The largest absolute Gasteiger partial charge is 0.492 e. The van der Waals surface area contributed by atoms with E-state index in [1.165, 1.54) is 13.2 Å². The summed E-state index contributed by atoms with van der Waals surface area (Å²) in [5.41, 5.74) is 4.27. The van der Waals surface area contributed by atoms with Crippen LogP contribution in [0.3, 0.4) is 0 Å². The lowest BCUT2D eigenvalue weighted by Gasteiger charge is -2.22. The Balaban J connectivity index is 1.21. The van der Waals surface area contributed by atoms with Crippen LogP contribution in [-0.4, -0.2) is 48.9 Å². The highest BCUT2D eigenvalue weighted by atomic mass is 16.5. The van der Waals surface area contributed by atoms with Crippen molar-refractivity contribution in [1.29, 1.82) is 0 Å². The van der Waals surface area contributed by atoms with E-state index in [1.807, 2.05) is 78.9 Å². The van der Waals surface area contributed by atoms with Gasteiger partial charge >= 0.3 is 5.97 Å². The van der Waals surface area contributed by atoms with Crippen LogP contribution in [0.25, 0.3) is 6.08 Å². The van der Waals surface area contributed by atoms with E-state index in [1.54, 1.807) is 59.9 Å². The van der Waals surface area contributed by atoms with Gasteiger partial charge in [0.15, 0.2) is 5.78 Å². The monoisotopic (exact) mass is 628 g/mol. The van der Waals surface area contributed by atoms with Gasteiger partial charge in [0, 0.05) is 41.4 Å². The molecule has 0 saturated carbocycles. The van der Waals surface area contributed by atoms with Gasteiger partial charge in [0.1, 0.15) is 18.4 Å². The molecule has 0 spiro atoms. The molecule has 0 unspecified atom stereocenters. The molecule has 0 aliphatic carbocycles. The van der Waals surface area contributed by atoms with Gasteiger partial charge in [-0.2, -0.15) is 0 Å². The molecule has 5 aromatic rings. The maximum Gasteiger partial charge on any atom is 0.328 e. The van der Waals surface area contributed by atoms with Crippen LogP contribution in [0.15, 0.2) is 138 Å². The Morgan fingerprint density at radius 2 is 1.53 bits per heavy atom. The number of nitrogens with zero attached hydrogens (tertiary/aromatic N) is 1. The second kappa shape index (κ2) is 16.4. The number of rotatable bonds is 15. The van der Waals surface area contributed by atoms with Crippen LogP contribution in [0.2, 0.25) is 0 Å². The van der Waals surface area contributed by atoms with Crippen molar-refractivity contribution in [2.45, 2.75) is 19.0 Å². The summed E-state index contributed by atoms with van der Waals surface area (Å²) >= 11 is 0. The molecule has 1 N–H and O–H groups in total. The molecule has 238 valence electrons. The van der Waals surface area contributed by atoms with Gasteiger partial charge in [-0.25, -0.2) is 4.79 Å². The van der Waals surface area contributed by atoms with Crippen molar-refractivity contribution in [3.8, 4) is 5.75 Å². The van der Waals surface area contributed by atoms with Crippen molar-refractivity contribution in [1.82, 2.24) is 4.90 Å². The third-order valence-electron chi connectivity index (χ3n) is 7.51. The van der Waals surface area contributed by atoms with Crippen LogP contribution in [-0.2, 0) is 27.3 Å². The van der Waals surface area contributed by atoms with Crippen LogP contribution < -0.4 is 10.1 Å². The Morgan fingerprint density at radius 1 is 0.830 bits per heavy atom. The number of hydrogen-bond donors (Lipinski definition) is 1. The van der Waals surface area contributed by atoms with Crippen molar-refractivity contribution < 1.29 is 28.3 Å². The van der Waals surface area contributed by atoms with E-state index in [0.717, 1.165) is 16.7 Å². The van der Waals surface area contributed by atoms with Gasteiger partial charge in [0.05, 0.1) is 26.2 Å². The number of hydrogen-bond acceptors (Lipinski definition) is 7. The molecule has 8 nitrogen and oxygen atoms in total. The van der Waals surface area contributed by atoms with E-state index in [9.17, 15) is 14.4 Å². The van der Waals surface area contributed by atoms with Gasteiger partial charge in [0.2, 0.25) is 5.91 Å². The fourth-order valence-electron chi connectivity index (χ4n) is 5.02. The number of anilines is 1. The van der Waals surface area contributed by atoms with Gasteiger partial charge < -0.3 is 24.1 Å². The number of benzene rings is 4. The molecule has 0 radical (unpaired) electrons. The summed E-state index contributed by atoms with van der Waals surface area (Å²) in [6, 6.07) is 34.4. The molecule has 0 aliphatic rings. The summed E-state index contributed by atoms with van der Waals surface area (Å²) in [6.07, 6.45) is 6.71. The lowest BCUT2D eigenvalue weighted by atomic mass is 10.00. The highest BCUT2D eigenvalue weighted by Gasteiger charge is 2.23. The van der Waals surface area contributed by atoms with Crippen molar-refractivity contribution in [3.63, 3.8) is 0 Å². The Bertz CT molecular complexity index is 1770. The van der Waals surface area contributed by atoms with E-state index in [0.29, 0.717) is 42.1 Å². The molecule has 0 fully saturated rings. The van der Waals surface area contributed by atoms with E-state index in [-0.39, 0.29) is 18.3 Å². The van der Waals surface area contributed by atoms with E-state index < -0.39 is 12.0 Å². The zero-order valence-corrected chi connectivity index (χ0v) is 26.1. The van der Waals surface area contributed by atoms with Gasteiger partial charge in [-0.05, 0) is 47.5 Å². The summed E-state index contributed by atoms with van der Waals surface area (Å²) in [5, 5.41) is 3.23. The molecule has 8 heteroatoms. The molecule has 1 aromatic heterocycles. The average Bonchev–Trinajstić information content (AvgIpc) is 3.65. The van der Waals surface area contributed by atoms with Crippen LogP contribution >= 0.6 is 0 Å². The Morgan fingerprint density at radius 3 is 2.23 bits per heavy atom. The van der Waals surface area contributed by atoms with Gasteiger partial charge in [-0.3, -0.25) is 9.59 Å². The van der Waals surface area contributed by atoms with Gasteiger partial charge in [0.25, 0.3) is 0 Å². The number of nitrogens with one attached hydrogen (secondary N) is 1. The molecule has 47 heavy (non-hydrogen) atoms.